The molecule has 0 aliphatic heterocycles. The lowest BCUT2D eigenvalue weighted by Crippen LogP contribution is -2.37. The van der Waals surface area contributed by atoms with Gasteiger partial charge in [0.05, 0.1) is 25.1 Å². The fraction of sp³-hybridized carbons (Fsp3) is 0.435. The second-order valence-electron chi connectivity index (χ2n) is 7.66. The van der Waals surface area contributed by atoms with Crippen molar-refractivity contribution < 1.29 is 22.7 Å². The average Bonchev–Trinajstić information content (AvgIpc) is 2.71. The first-order chi connectivity index (χ1) is 14.6. The lowest BCUT2D eigenvalue weighted by Gasteiger charge is -2.23. The second kappa shape index (κ2) is 11.0. The minimum atomic E-state index is -3.44. The van der Waals surface area contributed by atoms with Gasteiger partial charge in [-0.25, -0.2) is 8.42 Å². The lowest BCUT2D eigenvalue weighted by molar-refractivity contribution is -0.121. The first-order valence-corrected chi connectivity index (χ1v) is 12.1. The van der Waals surface area contributed by atoms with E-state index in [1.54, 1.807) is 25.3 Å². The highest BCUT2D eigenvalue weighted by Crippen LogP contribution is 2.22. The third kappa shape index (κ3) is 7.79. The van der Waals surface area contributed by atoms with Crippen LogP contribution in [-0.2, 0) is 14.8 Å². The number of nitrogens with one attached hydrogen (secondary N) is 1. The van der Waals surface area contributed by atoms with E-state index in [9.17, 15) is 13.2 Å². The summed E-state index contributed by atoms with van der Waals surface area (Å²) >= 11 is 0. The molecule has 7 nitrogen and oxygen atoms in total. The monoisotopic (exact) mass is 448 g/mol. The summed E-state index contributed by atoms with van der Waals surface area (Å²) in [6, 6.07) is 12.6. The number of carbonyl (C=O) groups excluding carboxylic acids is 1. The second-order valence-corrected chi connectivity index (χ2v) is 9.57. The van der Waals surface area contributed by atoms with Crippen LogP contribution < -0.4 is 19.1 Å². The summed E-state index contributed by atoms with van der Waals surface area (Å²) < 4.78 is 36.6. The molecule has 2 aromatic carbocycles. The molecule has 2 rings (SSSR count). The standard InChI is InChI=1S/C23H32N2O5S/c1-17-8-9-20(15-18(17)2)25(31(5,27)28)14-6-7-23(26)24-19(3)16-30-22-12-10-21(29-4)11-13-22/h8-13,15,19H,6-7,14,16H2,1-5H3,(H,24,26)/t19-/m0/s1. The van der Waals surface area contributed by atoms with E-state index in [2.05, 4.69) is 5.32 Å². The summed E-state index contributed by atoms with van der Waals surface area (Å²) in [7, 11) is -1.84. The molecule has 0 aromatic heterocycles. The normalized spacial score (nSPS) is 12.2. The molecule has 0 heterocycles. The topological polar surface area (TPSA) is 84.9 Å². The Morgan fingerprint density at radius 1 is 1.06 bits per heavy atom. The minimum absolute atomic E-state index is 0.139. The average molecular weight is 449 g/mol. The van der Waals surface area contributed by atoms with E-state index >= 15 is 0 Å². The quantitative estimate of drug-likeness (QED) is 0.569. The Bertz CT molecular complexity index is 974. The Balaban J connectivity index is 1.82. The molecular weight excluding hydrogens is 416 g/mol. The molecule has 31 heavy (non-hydrogen) atoms. The van der Waals surface area contributed by atoms with Gasteiger partial charge in [0.1, 0.15) is 18.1 Å². The molecule has 2 aromatic rings. The zero-order valence-electron chi connectivity index (χ0n) is 18.8. The van der Waals surface area contributed by atoms with E-state index in [4.69, 9.17) is 9.47 Å². The molecule has 0 unspecified atom stereocenters. The van der Waals surface area contributed by atoms with Gasteiger partial charge in [0, 0.05) is 13.0 Å². The molecule has 0 saturated carbocycles. The molecule has 0 bridgehead atoms. The van der Waals surface area contributed by atoms with Crippen LogP contribution in [0.4, 0.5) is 5.69 Å². The van der Waals surface area contributed by atoms with Crippen LogP contribution in [0.5, 0.6) is 11.5 Å². The maximum atomic E-state index is 12.3. The first kappa shape index (κ1) is 24.5. The summed E-state index contributed by atoms with van der Waals surface area (Å²) in [5, 5.41) is 2.88. The van der Waals surface area contributed by atoms with Crippen molar-refractivity contribution in [1.82, 2.24) is 5.32 Å². The van der Waals surface area contributed by atoms with Gasteiger partial charge in [0.25, 0.3) is 0 Å². The van der Waals surface area contributed by atoms with Gasteiger partial charge in [-0.2, -0.15) is 0 Å². The number of ether oxygens (including phenoxy) is 2. The van der Waals surface area contributed by atoms with Crippen molar-refractivity contribution >= 4 is 21.6 Å². The highest BCUT2D eigenvalue weighted by molar-refractivity contribution is 7.92. The molecule has 1 N–H and O–H groups in total. The molecule has 1 amide bonds. The van der Waals surface area contributed by atoms with Crippen LogP contribution >= 0.6 is 0 Å². The number of methoxy groups -OCH3 is 1. The fourth-order valence-electron chi connectivity index (χ4n) is 3.03. The molecular formula is C23H32N2O5S. The third-order valence-corrected chi connectivity index (χ3v) is 6.10. The predicted octanol–water partition coefficient (Wildman–Crippen LogP) is 3.44. The van der Waals surface area contributed by atoms with Gasteiger partial charge >= 0.3 is 0 Å². The van der Waals surface area contributed by atoms with Gasteiger partial charge in [0.2, 0.25) is 15.9 Å². The van der Waals surface area contributed by atoms with Crippen LogP contribution in [0.3, 0.4) is 0 Å². The summed E-state index contributed by atoms with van der Waals surface area (Å²) in [5.41, 5.74) is 2.74. The van der Waals surface area contributed by atoms with Gasteiger partial charge in [0.15, 0.2) is 0 Å². The van der Waals surface area contributed by atoms with Gasteiger partial charge in [-0.05, 0) is 74.7 Å². The van der Waals surface area contributed by atoms with Gasteiger partial charge in [-0.15, -0.1) is 0 Å². The van der Waals surface area contributed by atoms with Crippen molar-refractivity contribution in [2.24, 2.45) is 0 Å². The molecule has 0 fully saturated rings. The largest absolute Gasteiger partial charge is 0.497 e. The smallest absolute Gasteiger partial charge is 0.232 e. The number of carbonyl (C=O) groups is 1. The number of anilines is 1. The van der Waals surface area contributed by atoms with E-state index in [-0.39, 0.29) is 24.9 Å². The first-order valence-electron chi connectivity index (χ1n) is 10.2. The van der Waals surface area contributed by atoms with Crippen molar-refractivity contribution in [3.05, 3.63) is 53.6 Å². The van der Waals surface area contributed by atoms with E-state index in [0.717, 1.165) is 16.9 Å². The van der Waals surface area contributed by atoms with Crippen molar-refractivity contribution in [1.29, 1.82) is 0 Å². The molecule has 0 spiro atoms. The van der Waals surface area contributed by atoms with Gasteiger partial charge in [-0.3, -0.25) is 9.10 Å². The Labute approximate surface area is 185 Å². The zero-order valence-corrected chi connectivity index (χ0v) is 19.7. The van der Waals surface area contributed by atoms with E-state index in [1.807, 2.05) is 45.0 Å². The highest BCUT2D eigenvalue weighted by atomic mass is 32.2. The molecule has 1 atom stereocenters. The van der Waals surface area contributed by atoms with E-state index < -0.39 is 10.0 Å². The summed E-state index contributed by atoms with van der Waals surface area (Å²) in [4.78, 5) is 12.3. The van der Waals surface area contributed by atoms with Crippen LogP contribution in [0.2, 0.25) is 0 Å². The molecule has 170 valence electrons. The van der Waals surface area contributed by atoms with Crippen molar-refractivity contribution in [3.8, 4) is 11.5 Å². The van der Waals surface area contributed by atoms with Crippen LogP contribution in [0.1, 0.15) is 30.9 Å². The Kier molecular flexibility index (Phi) is 8.74. The summed E-state index contributed by atoms with van der Waals surface area (Å²) in [6.07, 6.45) is 1.82. The SMILES string of the molecule is COc1ccc(OC[C@H](C)NC(=O)CCCN(c2ccc(C)c(C)c2)S(C)(=O)=O)cc1. The predicted molar refractivity (Wildman–Crippen MR) is 123 cm³/mol. The van der Waals surface area contributed by atoms with Crippen LogP contribution in [-0.4, -0.2) is 46.9 Å². The number of benzene rings is 2. The summed E-state index contributed by atoms with van der Waals surface area (Å²) in [5.74, 6) is 1.30. The summed E-state index contributed by atoms with van der Waals surface area (Å²) in [6.45, 7) is 6.36. The number of amides is 1. The maximum absolute atomic E-state index is 12.3. The molecule has 0 saturated heterocycles. The Hall–Kier alpha value is -2.74. The third-order valence-electron chi connectivity index (χ3n) is 4.91. The van der Waals surface area contributed by atoms with Crippen LogP contribution in [0, 0.1) is 13.8 Å². The van der Waals surface area contributed by atoms with Crippen LogP contribution in [0.25, 0.3) is 0 Å². The Morgan fingerprint density at radius 3 is 2.29 bits per heavy atom. The highest BCUT2D eigenvalue weighted by Gasteiger charge is 2.18. The lowest BCUT2D eigenvalue weighted by atomic mass is 10.1. The molecule has 0 aliphatic rings. The molecule has 0 aliphatic carbocycles. The van der Waals surface area contributed by atoms with Crippen LogP contribution in [0.15, 0.2) is 42.5 Å². The number of hydrogen-bond acceptors (Lipinski definition) is 5. The molecule has 8 heteroatoms. The van der Waals surface area contributed by atoms with Crippen molar-refractivity contribution in [3.63, 3.8) is 0 Å². The zero-order chi connectivity index (χ0) is 23.0. The van der Waals surface area contributed by atoms with Gasteiger partial charge in [-0.1, -0.05) is 6.07 Å². The van der Waals surface area contributed by atoms with Crippen molar-refractivity contribution in [2.75, 3.05) is 30.8 Å². The number of rotatable bonds is 11. The van der Waals surface area contributed by atoms with Crippen molar-refractivity contribution in [2.45, 2.75) is 39.7 Å². The van der Waals surface area contributed by atoms with E-state index in [0.29, 0.717) is 24.5 Å². The Morgan fingerprint density at radius 2 is 1.71 bits per heavy atom. The van der Waals surface area contributed by atoms with Gasteiger partial charge < -0.3 is 14.8 Å². The number of aryl methyl sites for hydroxylation is 2. The van der Waals surface area contributed by atoms with E-state index in [1.165, 1.54) is 10.6 Å². The number of hydrogen-bond donors (Lipinski definition) is 1. The minimum Gasteiger partial charge on any atom is -0.497 e. The number of sulfonamides is 1. The number of nitrogens with zero attached hydrogens (tertiary/aromatic N) is 1. The fourth-order valence-corrected chi connectivity index (χ4v) is 3.99. The molecule has 0 radical (unpaired) electrons. The maximum Gasteiger partial charge on any atom is 0.232 e.